The van der Waals surface area contributed by atoms with E-state index in [0.717, 1.165) is 23.3 Å². The van der Waals surface area contributed by atoms with Crippen molar-refractivity contribution in [1.82, 2.24) is 4.90 Å². The summed E-state index contributed by atoms with van der Waals surface area (Å²) in [7, 11) is 3.08. The van der Waals surface area contributed by atoms with Gasteiger partial charge in [-0.25, -0.2) is 0 Å². The highest BCUT2D eigenvalue weighted by Gasteiger charge is 2.47. The van der Waals surface area contributed by atoms with Crippen LogP contribution in [0, 0.1) is 0 Å². The summed E-state index contributed by atoms with van der Waals surface area (Å²) >= 11 is 0. The number of anilines is 1. The predicted molar refractivity (Wildman–Crippen MR) is 132 cm³/mol. The lowest BCUT2D eigenvalue weighted by atomic mass is 9.75. The number of amides is 2. The van der Waals surface area contributed by atoms with Gasteiger partial charge in [0.2, 0.25) is 5.91 Å². The lowest BCUT2D eigenvalue weighted by Gasteiger charge is -2.45. The summed E-state index contributed by atoms with van der Waals surface area (Å²) in [6.45, 7) is 3.04. The number of nitrogens with one attached hydrogen (secondary N) is 1. The zero-order chi connectivity index (χ0) is 24.5. The molecule has 3 aromatic carbocycles. The smallest absolute Gasteiger partial charge is 0.254 e. The van der Waals surface area contributed by atoms with Crippen LogP contribution in [0.1, 0.15) is 45.9 Å². The molecule has 0 spiro atoms. The molecule has 5 rings (SSSR count). The Balaban J connectivity index is 1.61. The van der Waals surface area contributed by atoms with Gasteiger partial charge in [0.25, 0.3) is 5.91 Å². The lowest BCUT2D eigenvalue weighted by Crippen LogP contribution is -2.49. The van der Waals surface area contributed by atoms with E-state index in [1.165, 1.54) is 7.11 Å². The van der Waals surface area contributed by atoms with E-state index < -0.39 is 12.0 Å². The third kappa shape index (κ3) is 3.97. The number of hydrogen-bond donors (Lipinski definition) is 1. The zero-order valence-corrected chi connectivity index (χ0v) is 20.0. The summed E-state index contributed by atoms with van der Waals surface area (Å²) in [5.41, 5.74) is 3.91. The quantitative estimate of drug-likeness (QED) is 0.568. The molecule has 0 bridgehead atoms. The molecule has 35 heavy (non-hydrogen) atoms. The number of carbonyl (C=O) groups is 2. The molecule has 0 saturated carbocycles. The predicted octanol–water partition coefficient (Wildman–Crippen LogP) is 4.58. The third-order valence-electron chi connectivity index (χ3n) is 6.74. The molecule has 7 nitrogen and oxygen atoms in total. The van der Waals surface area contributed by atoms with Crippen molar-refractivity contribution >= 4 is 17.5 Å². The van der Waals surface area contributed by atoms with Gasteiger partial charge in [0.15, 0.2) is 11.5 Å². The zero-order valence-electron chi connectivity index (χ0n) is 20.0. The molecule has 0 aromatic heterocycles. The minimum Gasteiger partial charge on any atom is -0.494 e. The first-order valence-corrected chi connectivity index (χ1v) is 11.7. The maximum Gasteiger partial charge on any atom is 0.254 e. The largest absolute Gasteiger partial charge is 0.494 e. The van der Waals surface area contributed by atoms with Crippen LogP contribution in [0.4, 0.5) is 5.69 Å². The third-order valence-corrected chi connectivity index (χ3v) is 6.74. The first-order valence-electron chi connectivity index (χ1n) is 11.7. The van der Waals surface area contributed by atoms with Gasteiger partial charge in [-0.05, 0) is 66.4 Å². The maximum atomic E-state index is 13.9. The lowest BCUT2D eigenvalue weighted by molar-refractivity contribution is -0.119. The molecule has 0 radical (unpaired) electrons. The molecule has 2 aliphatic heterocycles. The summed E-state index contributed by atoms with van der Waals surface area (Å²) in [5, 5.41) is 3.06. The number of nitrogens with zero attached hydrogens (tertiary/aromatic N) is 1. The molecule has 2 amide bonds. The first-order chi connectivity index (χ1) is 17.0. The molecule has 0 saturated heterocycles. The fourth-order valence-corrected chi connectivity index (χ4v) is 5.15. The van der Waals surface area contributed by atoms with Crippen molar-refractivity contribution in [3.8, 4) is 17.2 Å². The Bertz CT molecular complexity index is 1270. The summed E-state index contributed by atoms with van der Waals surface area (Å²) in [4.78, 5) is 29.4. The molecule has 7 heteroatoms. The van der Waals surface area contributed by atoms with Crippen molar-refractivity contribution in [2.45, 2.75) is 25.3 Å². The average molecular weight is 473 g/mol. The van der Waals surface area contributed by atoms with Crippen LogP contribution in [0.25, 0.3) is 0 Å². The summed E-state index contributed by atoms with van der Waals surface area (Å²) in [6.07, 6.45) is 0.744. The number of fused-ring (bicyclic) bond motifs is 4. The van der Waals surface area contributed by atoms with Crippen molar-refractivity contribution in [2.75, 3.05) is 32.7 Å². The van der Waals surface area contributed by atoms with Gasteiger partial charge in [0.05, 0.1) is 32.8 Å². The number of rotatable bonds is 6. The van der Waals surface area contributed by atoms with Crippen LogP contribution in [0.2, 0.25) is 0 Å². The summed E-state index contributed by atoms with van der Waals surface area (Å²) < 4.78 is 16.5. The average Bonchev–Trinajstić information content (AvgIpc) is 2.89. The topological polar surface area (TPSA) is 77.1 Å². The molecule has 180 valence electrons. The van der Waals surface area contributed by atoms with Crippen LogP contribution < -0.4 is 19.5 Å². The van der Waals surface area contributed by atoms with Crippen molar-refractivity contribution in [1.29, 1.82) is 0 Å². The van der Waals surface area contributed by atoms with Gasteiger partial charge >= 0.3 is 0 Å². The number of carbonyl (C=O) groups excluding carboxylic acids is 2. The summed E-state index contributed by atoms with van der Waals surface area (Å²) in [5.74, 6) is 0.753. The van der Waals surface area contributed by atoms with Crippen LogP contribution >= 0.6 is 0 Å². The van der Waals surface area contributed by atoms with Gasteiger partial charge in [-0.15, -0.1) is 0 Å². The fourth-order valence-electron chi connectivity index (χ4n) is 5.15. The Hall–Kier alpha value is -4.00. The van der Waals surface area contributed by atoms with Gasteiger partial charge < -0.3 is 24.4 Å². The Kier molecular flexibility index (Phi) is 6.07. The second-order valence-corrected chi connectivity index (χ2v) is 8.61. The molecule has 0 fully saturated rings. The highest BCUT2D eigenvalue weighted by Crippen LogP contribution is 2.48. The molecule has 2 heterocycles. The van der Waals surface area contributed by atoms with E-state index >= 15 is 0 Å². The van der Waals surface area contributed by atoms with Gasteiger partial charge in [0.1, 0.15) is 5.75 Å². The van der Waals surface area contributed by atoms with Crippen LogP contribution in [0.15, 0.2) is 60.7 Å². The first kappa shape index (κ1) is 22.8. The standard InChI is InChI=1S/C28H28N2O5/c1-4-35-19-11-9-18(10-12-19)29-27(31)25-21-15-23(33-2)24(34-3)16-22(21)28(32)30-14-13-17-7-5-6-8-20(17)26(25)30/h5-12,15-16,25-26H,4,13-14H2,1-3H3,(H,29,31). The van der Waals surface area contributed by atoms with Crippen molar-refractivity contribution in [2.24, 2.45) is 0 Å². The van der Waals surface area contributed by atoms with Crippen molar-refractivity contribution in [3.05, 3.63) is 82.9 Å². The SMILES string of the molecule is CCOc1ccc(NC(=O)C2c3cc(OC)c(OC)cc3C(=O)N3CCc4ccccc4C23)cc1. The fraction of sp³-hybridized carbons (Fsp3) is 0.286. The Morgan fingerprint density at radius 2 is 1.71 bits per heavy atom. The van der Waals surface area contributed by atoms with E-state index in [4.69, 9.17) is 14.2 Å². The molecule has 0 aliphatic carbocycles. The molecule has 2 atom stereocenters. The highest BCUT2D eigenvalue weighted by atomic mass is 16.5. The number of benzene rings is 3. The van der Waals surface area contributed by atoms with Crippen molar-refractivity contribution < 1.29 is 23.8 Å². The molecule has 3 aromatic rings. The van der Waals surface area contributed by atoms with E-state index in [9.17, 15) is 9.59 Å². The Morgan fingerprint density at radius 1 is 1.00 bits per heavy atom. The molecular formula is C28H28N2O5. The molecule has 1 N–H and O–H groups in total. The number of ether oxygens (including phenoxy) is 3. The molecule has 2 aliphatic rings. The Labute approximate surface area is 204 Å². The maximum absolute atomic E-state index is 13.9. The Morgan fingerprint density at radius 3 is 2.43 bits per heavy atom. The van der Waals surface area contributed by atoms with Gasteiger partial charge in [0, 0.05) is 17.8 Å². The summed E-state index contributed by atoms with van der Waals surface area (Å²) in [6, 6.07) is 18.4. The monoisotopic (exact) mass is 472 g/mol. The van der Waals surface area contributed by atoms with Crippen molar-refractivity contribution in [3.63, 3.8) is 0 Å². The van der Waals surface area contributed by atoms with E-state index in [2.05, 4.69) is 11.4 Å². The van der Waals surface area contributed by atoms with E-state index in [1.807, 2.05) is 54.3 Å². The number of hydrogen-bond acceptors (Lipinski definition) is 5. The van der Waals surface area contributed by atoms with Crippen LogP contribution in [-0.2, 0) is 11.2 Å². The minimum atomic E-state index is -0.629. The van der Waals surface area contributed by atoms with Crippen LogP contribution in [0.5, 0.6) is 17.2 Å². The van der Waals surface area contributed by atoms with E-state index in [0.29, 0.717) is 41.5 Å². The van der Waals surface area contributed by atoms with Crippen LogP contribution in [-0.4, -0.2) is 44.1 Å². The second kappa shape index (κ2) is 9.33. The molecular weight excluding hydrogens is 444 g/mol. The van der Waals surface area contributed by atoms with Gasteiger partial charge in [-0.2, -0.15) is 0 Å². The second-order valence-electron chi connectivity index (χ2n) is 8.61. The van der Waals surface area contributed by atoms with Crippen LogP contribution in [0.3, 0.4) is 0 Å². The molecule has 2 unspecified atom stereocenters. The minimum absolute atomic E-state index is 0.106. The highest BCUT2D eigenvalue weighted by molar-refractivity contribution is 6.05. The van der Waals surface area contributed by atoms with Gasteiger partial charge in [-0.3, -0.25) is 9.59 Å². The van der Waals surface area contributed by atoms with Gasteiger partial charge in [-0.1, -0.05) is 24.3 Å². The normalized spacial score (nSPS) is 18.1. The van der Waals surface area contributed by atoms with E-state index in [1.54, 1.807) is 19.2 Å². The van der Waals surface area contributed by atoms with E-state index in [-0.39, 0.29) is 11.8 Å². The number of methoxy groups -OCH3 is 2.